The Morgan fingerprint density at radius 1 is 1.26 bits per heavy atom. The predicted octanol–water partition coefficient (Wildman–Crippen LogP) is 6.13. The van der Waals surface area contributed by atoms with Crippen LogP contribution in [0.3, 0.4) is 0 Å². The van der Waals surface area contributed by atoms with Gasteiger partial charge in [0.1, 0.15) is 0 Å². The average molecular weight is 559 g/mol. The molecule has 2 aromatic rings. The average Bonchev–Trinajstić information content (AvgIpc) is 3.34. The largest absolute Gasteiger partial charge is 0.343 e. The van der Waals surface area contributed by atoms with Gasteiger partial charge < -0.3 is 20.5 Å². The van der Waals surface area contributed by atoms with E-state index in [1.54, 1.807) is 12.2 Å². The van der Waals surface area contributed by atoms with E-state index < -0.39 is 0 Å². The highest BCUT2D eigenvalue weighted by atomic mass is 35.5. The monoisotopic (exact) mass is 557 g/mol. The number of alkyl halides is 1. The van der Waals surface area contributed by atoms with Crippen molar-refractivity contribution in [2.24, 2.45) is 17.6 Å². The van der Waals surface area contributed by atoms with Crippen LogP contribution in [0.2, 0.25) is 0 Å². The number of aromatic amines is 1. The van der Waals surface area contributed by atoms with E-state index in [9.17, 15) is 4.79 Å². The number of nitrogens with two attached hydrogens (primary N) is 1. The van der Waals surface area contributed by atoms with Gasteiger partial charge in [0, 0.05) is 48.9 Å². The first-order valence-corrected chi connectivity index (χ1v) is 14.4. The minimum absolute atomic E-state index is 0.181. The molecule has 0 atom stereocenters. The molecule has 206 valence electrons. The summed E-state index contributed by atoms with van der Waals surface area (Å²) in [5, 5.41) is 0.548. The number of rotatable bonds is 13. The van der Waals surface area contributed by atoms with E-state index in [1.165, 1.54) is 0 Å². The molecule has 1 fully saturated rings. The highest BCUT2D eigenvalue weighted by Gasteiger charge is 2.24. The number of benzene rings is 1. The van der Waals surface area contributed by atoms with Crippen molar-refractivity contribution in [2.45, 2.75) is 46.1 Å². The molecular weight excluding hydrogens is 517 g/mol. The number of likely N-dealkylation sites (tertiary alicyclic amines) is 1. The first-order chi connectivity index (χ1) is 18.3. The lowest BCUT2D eigenvalue weighted by Crippen LogP contribution is -2.41. The zero-order chi connectivity index (χ0) is 27.5. The number of aromatic nitrogens is 2. The molecule has 0 radical (unpaired) electrons. The third-order valence-corrected chi connectivity index (χ3v) is 7.54. The van der Waals surface area contributed by atoms with Gasteiger partial charge in [0.25, 0.3) is 0 Å². The van der Waals surface area contributed by atoms with Crippen LogP contribution in [-0.4, -0.2) is 52.8 Å². The molecule has 2 heterocycles. The first kappa shape index (κ1) is 30.0. The number of hydrogen-bond donors (Lipinski definition) is 2. The third-order valence-electron chi connectivity index (χ3n) is 6.86. The zero-order valence-electron chi connectivity index (χ0n) is 22.6. The van der Waals surface area contributed by atoms with E-state index in [-0.39, 0.29) is 11.8 Å². The van der Waals surface area contributed by atoms with E-state index >= 15 is 0 Å². The molecule has 0 saturated carbocycles. The van der Waals surface area contributed by atoms with Crippen LogP contribution in [-0.2, 0) is 17.8 Å². The summed E-state index contributed by atoms with van der Waals surface area (Å²) in [7, 11) is 0. The van der Waals surface area contributed by atoms with Crippen molar-refractivity contribution in [1.82, 2.24) is 14.9 Å². The Labute approximate surface area is 237 Å². The summed E-state index contributed by atoms with van der Waals surface area (Å²) < 4.78 is 0. The Bertz CT molecular complexity index is 1100. The zero-order valence-corrected chi connectivity index (χ0v) is 24.1. The first-order valence-electron chi connectivity index (χ1n) is 13.4. The van der Waals surface area contributed by atoms with Crippen LogP contribution < -0.4 is 10.6 Å². The van der Waals surface area contributed by atoms with Crippen LogP contribution in [0.5, 0.6) is 0 Å². The van der Waals surface area contributed by atoms with Crippen LogP contribution in [0, 0.1) is 11.8 Å². The number of carbonyl (C=O) groups is 1. The Balaban J connectivity index is 1.88. The van der Waals surface area contributed by atoms with Crippen LogP contribution in [0.1, 0.15) is 50.1 Å². The fraction of sp³-hybridized carbons (Fsp3) is 0.467. The lowest BCUT2D eigenvalue weighted by Gasteiger charge is -2.32. The number of hydrogen-bond acceptors (Lipinski definition) is 4. The van der Waals surface area contributed by atoms with Crippen LogP contribution in [0.4, 0.5) is 5.95 Å². The molecule has 0 aliphatic carbocycles. The van der Waals surface area contributed by atoms with Crippen molar-refractivity contribution in [3.05, 3.63) is 77.1 Å². The normalized spacial score (nSPS) is 15.3. The Morgan fingerprint density at radius 2 is 1.97 bits per heavy atom. The summed E-state index contributed by atoms with van der Waals surface area (Å²) in [5.74, 6) is 2.12. The van der Waals surface area contributed by atoms with Crippen molar-refractivity contribution < 1.29 is 4.79 Å². The number of anilines is 1. The number of H-pyrrole nitrogens is 1. The van der Waals surface area contributed by atoms with Gasteiger partial charge in [-0.3, -0.25) is 4.79 Å². The van der Waals surface area contributed by atoms with Gasteiger partial charge in [-0.05, 0) is 49.3 Å². The molecular formula is C30H41Cl2N5O. The van der Waals surface area contributed by atoms with Crippen molar-refractivity contribution in [1.29, 1.82) is 0 Å². The minimum atomic E-state index is 0.181. The van der Waals surface area contributed by atoms with Crippen molar-refractivity contribution in [3.8, 4) is 0 Å². The number of carbonyl (C=O) groups excluding carboxylic acids is 1. The second-order valence-electron chi connectivity index (χ2n) is 10.3. The van der Waals surface area contributed by atoms with E-state index in [0.717, 1.165) is 60.8 Å². The molecule has 0 spiro atoms. The number of allylic oxidation sites excluding steroid dienone is 5. The second-order valence-corrected chi connectivity index (χ2v) is 11.0. The summed E-state index contributed by atoms with van der Waals surface area (Å²) >= 11 is 12.0. The number of halogens is 2. The summed E-state index contributed by atoms with van der Waals surface area (Å²) in [5.41, 5.74) is 9.72. The van der Waals surface area contributed by atoms with Gasteiger partial charge in [0.2, 0.25) is 11.9 Å². The summed E-state index contributed by atoms with van der Waals surface area (Å²) in [4.78, 5) is 25.9. The molecule has 0 bridgehead atoms. The molecule has 1 amide bonds. The molecule has 1 aliphatic heterocycles. The quantitative estimate of drug-likeness (QED) is 0.229. The topological polar surface area (TPSA) is 78.2 Å². The van der Waals surface area contributed by atoms with Crippen molar-refractivity contribution >= 4 is 40.6 Å². The van der Waals surface area contributed by atoms with Crippen molar-refractivity contribution in [2.75, 3.05) is 37.0 Å². The number of amides is 1. The number of imidazole rings is 1. The Morgan fingerprint density at radius 3 is 2.58 bits per heavy atom. The fourth-order valence-corrected chi connectivity index (χ4v) is 4.83. The van der Waals surface area contributed by atoms with E-state index in [4.69, 9.17) is 33.9 Å². The molecule has 3 N–H and O–H groups in total. The maximum Gasteiger partial charge on any atom is 0.224 e. The maximum absolute atomic E-state index is 13.1. The Hall–Kier alpha value is -2.54. The molecule has 8 heteroatoms. The molecule has 6 nitrogen and oxygen atoms in total. The van der Waals surface area contributed by atoms with Gasteiger partial charge in [-0.1, -0.05) is 74.5 Å². The summed E-state index contributed by atoms with van der Waals surface area (Å²) in [6, 6.07) is 10.3. The van der Waals surface area contributed by atoms with Gasteiger partial charge in [-0.2, -0.15) is 0 Å². The molecule has 1 aromatic carbocycles. The van der Waals surface area contributed by atoms with E-state index in [2.05, 4.69) is 42.4 Å². The summed E-state index contributed by atoms with van der Waals surface area (Å²) in [6.45, 7) is 11.8. The highest BCUT2D eigenvalue weighted by Crippen LogP contribution is 2.26. The van der Waals surface area contributed by atoms with Gasteiger partial charge in [-0.25, -0.2) is 4.98 Å². The number of nitrogens with one attached hydrogen (secondary N) is 1. The van der Waals surface area contributed by atoms with Gasteiger partial charge >= 0.3 is 0 Å². The molecule has 1 aromatic heterocycles. The predicted molar refractivity (Wildman–Crippen MR) is 160 cm³/mol. The Kier molecular flexibility index (Phi) is 12.0. The van der Waals surface area contributed by atoms with Crippen LogP contribution >= 0.6 is 23.2 Å². The van der Waals surface area contributed by atoms with Gasteiger partial charge in [-0.15, -0.1) is 11.6 Å². The smallest absolute Gasteiger partial charge is 0.224 e. The van der Waals surface area contributed by atoms with Crippen LogP contribution in [0.25, 0.3) is 5.57 Å². The second kappa shape index (κ2) is 15.2. The van der Waals surface area contributed by atoms with E-state index in [0.29, 0.717) is 42.9 Å². The third kappa shape index (κ3) is 8.75. The van der Waals surface area contributed by atoms with Crippen LogP contribution in [0.15, 0.2) is 60.2 Å². The fourth-order valence-electron chi connectivity index (χ4n) is 4.68. The number of piperidine rings is 1. The van der Waals surface area contributed by atoms with E-state index in [1.807, 2.05) is 29.2 Å². The lowest BCUT2D eigenvalue weighted by molar-refractivity contribution is -0.132. The molecule has 38 heavy (non-hydrogen) atoms. The number of nitrogens with zero attached hydrogens (tertiary/aromatic N) is 3. The molecule has 1 saturated heterocycles. The van der Waals surface area contributed by atoms with Crippen molar-refractivity contribution in [3.63, 3.8) is 0 Å². The standard InChI is InChI=1S/C30H41Cl2N5O/c1-4-25(10-11-26(32)19-31)29-27(18-22(2)3)34-30(35-29)37(21-24-8-6-5-7-9-24)17-14-28(38)36-15-12-23(20-33)13-16-36/h4-11,22-23H,1,12-21,33H2,2-3H3,(H,34,35)/b25-10+,26-11+. The minimum Gasteiger partial charge on any atom is -0.343 e. The molecule has 1 aliphatic rings. The SMILES string of the molecule is C=C/C(=C\C=C(\Cl)CCl)c1nc(N(CCC(=O)N2CCC(CN)CC2)Cc2ccccc2)[nH]c1CC(C)C. The van der Waals surface area contributed by atoms with Gasteiger partial charge in [0.05, 0.1) is 11.6 Å². The molecule has 0 unspecified atom stereocenters. The molecule has 3 rings (SSSR count). The maximum atomic E-state index is 13.1. The summed E-state index contributed by atoms with van der Waals surface area (Å²) in [6.07, 6.45) is 8.69. The van der Waals surface area contributed by atoms with Gasteiger partial charge in [0.15, 0.2) is 0 Å². The highest BCUT2D eigenvalue weighted by molar-refractivity contribution is 6.35. The lowest BCUT2D eigenvalue weighted by atomic mass is 9.97.